The number of carbonyl (C=O) groups excluding carboxylic acids is 8. The van der Waals surface area contributed by atoms with E-state index in [2.05, 4.69) is 20.6 Å². The number of fused-ring (bicyclic) bond motifs is 1. The summed E-state index contributed by atoms with van der Waals surface area (Å²) in [6.45, 7) is 9.29. The number of aliphatic hydroxyl groups is 1. The summed E-state index contributed by atoms with van der Waals surface area (Å²) >= 11 is 1.55. The maximum Gasteiger partial charge on any atom is 0.396 e. The van der Waals surface area contributed by atoms with Crippen molar-refractivity contribution in [3.63, 3.8) is 0 Å². The average molecular weight is 1240 g/mol. The van der Waals surface area contributed by atoms with Gasteiger partial charge in [-0.15, -0.1) is 11.3 Å². The van der Waals surface area contributed by atoms with Gasteiger partial charge in [0.15, 0.2) is 5.78 Å². The molecule has 2 aromatic heterocycles. The molecular formula is C65H75FN7O13PS. The number of Topliss-reactive ketones (excluding diaryl/α,β-unsaturated/α-hetero) is 2. The zero-order chi connectivity index (χ0) is 63.4. The van der Waals surface area contributed by atoms with Crippen LogP contribution in [0.3, 0.4) is 0 Å². The quantitative estimate of drug-likeness (QED) is 0.0153. The molecule has 3 aliphatic rings. The number of ether oxygens (including phenoxy) is 1. The number of nitrogens with one attached hydrogen (secondary N) is 3. The molecule has 0 saturated carbocycles. The number of para-hydroxylation sites is 1. The number of primary amides is 1. The van der Waals surface area contributed by atoms with Gasteiger partial charge in [-0.05, 0) is 116 Å². The summed E-state index contributed by atoms with van der Waals surface area (Å²) in [5.41, 5.74) is 11.7. The van der Waals surface area contributed by atoms with E-state index in [-0.39, 0.29) is 99.1 Å². The fraction of sp³-hybridized carbons (Fsp3) is 0.431. The van der Waals surface area contributed by atoms with Crippen molar-refractivity contribution in [2.24, 2.45) is 23.0 Å². The lowest BCUT2D eigenvalue weighted by molar-refractivity contribution is -0.146. The number of hydrogen-bond acceptors (Lipinski definition) is 13. The van der Waals surface area contributed by atoms with Gasteiger partial charge in [0.1, 0.15) is 23.7 Å². The highest BCUT2D eigenvalue weighted by molar-refractivity contribution is 7.70. The highest BCUT2D eigenvalue weighted by Crippen LogP contribution is 2.43. The fourth-order valence-electron chi connectivity index (χ4n) is 12.1. The first-order valence-electron chi connectivity index (χ1n) is 29.7. The Balaban J connectivity index is 0.761. The van der Waals surface area contributed by atoms with Crippen LogP contribution in [-0.4, -0.2) is 113 Å². The predicted molar refractivity (Wildman–Crippen MR) is 328 cm³/mol. The molecule has 0 spiro atoms. The second-order valence-electron chi connectivity index (χ2n) is 24.6. The molecule has 0 bridgehead atoms. The first-order valence-corrected chi connectivity index (χ1v) is 32.2. The number of nitrogens with zero attached hydrogens (tertiary/aromatic N) is 3. The molecule has 0 aliphatic carbocycles. The summed E-state index contributed by atoms with van der Waals surface area (Å²) in [7, 11) is -5.06. The molecule has 7 atom stereocenters. The SMILES string of the molecule is Cc1ncsc1-c1ccc(CNC(=O)[C@@H]2C[C@@H](O)CN2C(=O)[C@@H](CC(=O)CCCCc2ccc(CO[C@H](C)[C@H](CCC(N)=O)NC(=O)[C@@H]3Cc4cccc5c4N3C(=O)[C@@H](CC(=O)c3cc4cc(C(=O)P(=O)(O)O)ccc4[nH]3)CC5)c(F)c2)C(C)(C)C)cc1. The summed E-state index contributed by atoms with van der Waals surface area (Å²) in [5, 5.41) is 17.0. The number of benzene rings is 4. The number of ketones is 2. The molecule has 0 unspecified atom stereocenters. The third-order valence-corrected chi connectivity index (χ3v) is 18.9. The number of anilines is 1. The van der Waals surface area contributed by atoms with Crippen LogP contribution >= 0.6 is 18.9 Å². The number of aliphatic hydroxyl groups excluding tert-OH is 1. The lowest BCUT2D eigenvalue weighted by Gasteiger charge is -2.34. The third kappa shape index (κ3) is 15.3. The number of H-pyrrole nitrogens is 1. The van der Waals surface area contributed by atoms with Crippen molar-refractivity contribution in [2.45, 2.75) is 155 Å². The van der Waals surface area contributed by atoms with E-state index in [1.165, 1.54) is 40.1 Å². The number of likely N-dealkylation sites (tertiary alicyclic amines) is 1. The van der Waals surface area contributed by atoms with Gasteiger partial charge in [-0.3, -0.25) is 47.8 Å². The number of aromatic amines is 1. The van der Waals surface area contributed by atoms with Gasteiger partial charge >= 0.3 is 7.60 Å². The molecule has 9 rings (SSSR count). The number of carbonyl (C=O) groups is 8. The standard InChI is InChI=1S/C65H75FN7O13PS/c1-36-59(88-35-69-36)41-16-14-39(15-17-41)32-68-60(78)54-31-48(75)33-72(54)63(81)49(65(3,4)5)30-47(74)12-7-6-9-38-13-18-45(50(66)25-38)34-86-37(2)51(23-24-57(67)77)71-61(79)55-28-42-11-8-10-40-19-20-43(62(80)73(55)58(40)42)29-56(76)53-27-46-26-44(21-22-52(46)70-53)64(82)87(83,84)85/h8,10-11,13-18,21-22,25-27,35,37,43,48-49,51,54-55,70,75H,6-7,9,12,19-20,23-24,28-34H2,1-5H3,(H2,67,77)(H,68,78)(H,71,79)(H2,83,84,85)/t37-,43-,48-,49-,51+,54+,55+/m1/s1. The molecule has 1 saturated heterocycles. The summed E-state index contributed by atoms with van der Waals surface area (Å²) in [6, 6.07) is 20.9. The Morgan fingerprint density at radius 1 is 0.932 bits per heavy atom. The van der Waals surface area contributed by atoms with Gasteiger partial charge in [0.05, 0.1) is 52.3 Å². The van der Waals surface area contributed by atoms with E-state index in [9.17, 15) is 57.8 Å². The molecule has 466 valence electrons. The van der Waals surface area contributed by atoms with E-state index in [0.717, 1.165) is 32.8 Å². The normalized spacial score (nSPS) is 18.6. The smallest absolute Gasteiger partial charge is 0.391 e. The monoisotopic (exact) mass is 1240 g/mol. The van der Waals surface area contributed by atoms with Crippen LogP contribution in [0.1, 0.15) is 140 Å². The van der Waals surface area contributed by atoms with E-state index in [1.54, 1.807) is 35.9 Å². The predicted octanol–water partition coefficient (Wildman–Crippen LogP) is 8.12. The highest BCUT2D eigenvalue weighted by atomic mass is 32.1. The maximum absolute atomic E-state index is 15.8. The number of halogens is 1. The molecule has 20 nitrogen and oxygen atoms in total. The van der Waals surface area contributed by atoms with Crippen LogP contribution in [0.2, 0.25) is 0 Å². The van der Waals surface area contributed by atoms with Gasteiger partial charge in [-0.2, -0.15) is 0 Å². The lowest BCUT2D eigenvalue weighted by Crippen LogP contribution is -2.54. The van der Waals surface area contributed by atoms with Crippen molar-refractivity contribution in [3.05, 3.63) is 141 Å². The number of aromatic nitrogens is 2. The Hall–Kier alpha value is -7.59. The molecule has 23 heteroatoms. The molecule has 1 fully saturated rings. The summed E-state index contributed by atoms with van der Waals surface area (Å²) < 4.78 is 33.6. The van der Waals surface area contributed by atoms with Crippen molar-refractivity contribution in [3.8, 4) is 10.4 Å². The van der Waals surface area contributed by atoms with Crippen molar-refractivity contribution < 1.29 is 66.9 Å². The van der Waals surface area contributed by atoms with Gasteiger partial charge in [0.25, 0.3) is 5.52 Å². The van der Waals surface area contributed by atoms with Crippen LogP contribution in [0, 0.1) is 30.0 Å². The summed E-state index contributed by atoms with van der Waals surface area (Å²) in [5.74, 6) is -4.97. The van der Waals surface area contributed by atoms with E-state index in [4.69, 9.17) is 10.5 Å². The van der Waals surface area contributed by atoms with Gasteiger partial charge in [-0.25, -0.2) is 9.37 Å². The van der Waals surface area contributed by atoms with Crippen molar-refractivity contribution in [1.29, 1.82) is 0 Å². The van der Waals surface area contributed by atoms with Crippen molar-refractivity contribution in [1.82, 2.24) is 25.5 Å². The third-order valence-electron chi connectivity index (χ3n) is 17.1. The molecule has 88 heavy (non-hydrogen) atoms. The van der Waals surface area contributed by atoms with E-state index in [0.29, 0.717) is 54.3 Å². The Kier molecular flexibility index (Phi) is 20.2. The molecule has 5 heterocycles. The van der Waals surface area contributed by atoms with E-state index < -0.39 is 90.0 Å². The molecule has 0 radical (unpaired) electrons. The number of rotatable bonds is 26. The maximum atomic E-state index is 15.8. The number of nitrogens with two attached hydrogens (primary N) is 1. The molecule has 6 aromatic rings. The van der Waals surface area contributed by atoms with E-state index >= 15 is 4.39 Å². The van der Waals surface area contributed by atoms with Crippen molar-refractivity contribution >= 4 is 82.1 Å². The highest BCUT2D eigenvalue weighted by Gasteiger charge is 2.46. The van der Waals surface area contributed by atoms with Crippen molar-refractivity contribution in [2.75, 3.05) is 11.4 Å². The minimum Gasteiger partial charge on any atom is -0.391 e. The average Bonchev–Trinajstić information content (AvgIpc) is 1.66. The largest absolute Gasteiger partial charge is 0.396 e. The summed E-state index contributed by atoms with van der Waals surface area (Å²) in [4.78, 5) is 139. The van der Waals surface area contributed by atoms with Gasteiger partial charge in [0, 0.05) is 85.5 Å². The summed E-state index contributed by atoms with van der Waals surface area (Å²) in [6.07, 6.45) is 0.709. The number of thiazole rings is 1. The van der Waals surface area contributed by atoms with Gasteiger partial charge in [-0.1, -0.05) is 75.4 Å². The minimum atomic E-state index is -5.06. The zero-order valence-electron chi connectivity index (χ0n) is 49.9. The second kappa shape index (κ2) is 27.4. The number of amides is 5. The Morgan fingerprint density at radius 2 is 1.67 bits per heavy atom. The Morgan fingerprint density at radius 3 is 2.36 bits per heavy atom. The van der Waals surface area contributed by atoms with Crippen LogP contribution in [0.4, 0.5) is 10.1 Å². The number of aryl methyl sites for hydroxylation is 3. The molecular weight excluding hydrogens is 1170 g/mol. The van der Waals surface area contributed by atoms with Gasteiger partial charge < -0.3 is 45.9 Å². The molecule has 5 amide bonds. The minimum absolute atomic E-state index is 0.0183. The number of unbranched alkanes of at least 4 members (excludes halogenated alkanes) is 1. The van der Waals surface area contributed by atoms with Crippen LogP contribution < -0.4 is 21.3 Å². The first kappa shape index (κ1) is 64.9. The van der Waals surface area contributed by atoms with Crippen LogP contribution in [-0.2, 0) is 70.5 Å². The van der Waals surface area contributed by atoms with Gasteiger partial charge in [0.2, 0.25) is 29.5 Å². The Labute approximate surface area is 513 Å². The van der Waals surface area contributed by atoms with Crippen LogP contribution in [0.5, 0.6) is 0 Å². The van der Waals surface area contributed by atoms with Crippen LogP contribution in [0.25, 0.3) is 21.3 Å². The molecule has 8 N–H and O–H groups in total. The first-order chi connectivity index (χ1) is 41.7. The second-order valence-corrected chi connectivity index (χ2v) is 26.9. The molecule has 4 aromatic carbocycles. The number of β-amino-alcohol motifs (C(OH)–C–C–N with tert-alkyl or cyclic N) is 1. The zero-order valence-corrected chi connectivity index (χ0v) is 51.6. The molecule has 3 aliphatic heterocycles. The lowest BCUT2D eigenvalue weighted by atomic mass is 9.76. The van der Waals surface area contributed by atoms with Crippen LogP contribution in [0.15, 0.2) is 90.4 Å². The fourth-order valence-corrected chi connectivity index (χ4v) is 13.4. The number of hydrogen-bond donors (Lipinski definition) is 7. The Bertz CT molecular complexity index is 3710. The van der Waals surface area contributed by atoms with E-state index in [1.807, 2.05) is 70.2 Å². The topological polar surface area (TPSA) is 309 Å².